The molecule has 0 aromatic carbocycles. The first-order valence-electron chi connectivity index (χ1n) is 5.62. The molecule has 0 atom stereocenters. The third kappa shape index (κ3) is 7.14. The number of rotatable bonds is 8. The molecular formula is C11H26N2O3. The molecule has 98 valence electrons. The van der Waals surface area contributed by atoms with Crippen molar-refractivity contribution >= 4 is 0 Å². The van der Waals surface area contributed by atoms with Gasteiger partial charge in [0.1, 0.15) is 0 Å². The summed E-state index contributed by atoms with van der Waals surface area (Å²) in [6.45, 7) is 8.32. The average molecular weight is 234 g/mol. The van der Waals surface area contributed by atoms with E-state index in [0.717, 1.165) is 0 Å². The van der Waals surface area contributed by atoms with E-state index in [1.807, 2.05) is 27.7 Å². The quantitative estimate of drug-likeness (QED) is 0.375. The second kappa shape index (κ2) is 6.51. The Morgan fingerprint density at radius 3 is 1.44 bits per heavy atom. The van der Waals surface area contributed by atoms with Crippen LogP contribution in [0.2, 0.25) is 0 Å². The maximum atomic E-state index is 9.68. The summed E-state index contributed by atoms with van der Waals surface area (Å²) in [5.74, 6) is 0. The lowest BCUT2D eigenvalue weighted by molar-refractivity contribution is 0.116. The van der Waals surface area contributed by atoms with E-state index in [1.54, 1.807) is 0 Å². The lowest BCUT2D eigenvalue weighted by Crippen LogP contribution is -2.51. The normalized spacial score (nSPS) is 13.5. The molecule has 5 N–H and O–H groups in total. The Morgan fingerprint density at radius 2 is 1.19 bits per heavy atom. The minimum atomic E-state index is -0.545. The van der Waals surface area contributed by atoms with E-state index in [2.05, 4.69) is 10.6 Å². The summed E-state index contributed by atoms with van der Waals surface area (Å²) in [5, 5.41) is 33.8. The van der Waals surface area contributed by atoms with Crippen LogP contribution in [0.3, 0.4) is 0 Å². The molecule has 0 aliphatic rings. The monoisotopic (exact) mass is 234 g/mol. The molecule has 0 spiro atoms. The van der Waals surface area contributed by atoms with Crippen molar-refractivity contribution in [1.29, 1.82) is 0 Å². The van der Waals surface area contributed by atoms with Crippen LogP contribution in [0.1, 0.15) is 27.7 Å². The van der Waals surface area contributed by atoms with Crippen molar-refractivity contribution in [2.45, 2.75) is 44.9 Å². The van der Waals surface area contributed by atoms with Crippen molar-refractivity contribution in [3.05, 3.63) is 0 Å². The van der Waals surface area contributed by atoms with E-state index in [-0.39, 0.29) is 24.3 Å². The highest BCUT2D eigenvalue weighted by molar-refractivity contribution is 4.81. The molecule has 0 saturated heterocycles. The first kappa shape index (κ1) is 15.8. The van der Waals surface area contributed by atoms with Gasteiger partial charge < -0.3 is 26.0 Å². The molecule has 0 fully saturated rings. The molecule has 0 aliphatic carbocycles. The van der Waals surface area contributed by atoms with E-state index < -0.39 is 6.10 Å². The topological polar surface area (TPSA) is 84.8 Å². The molecule has 0 aromatic heterocycles. The summed E-state index contributed by atoms with van der Waals surface area (Å²) < 4.78 is 0. The number of nitrogens with one attached hydrogen (secondary N) is 2. The number of hydrogen-bond acceptors (Lipinski definition) is 5. The fraction of sp³-hybridized carbons (Fsp3) is 1.00. The zero-order valence-corrected chi connectivity index (χ0v) is 10.7. The van der Waals surface area contributed by atoms with Gasteiger partial charge in [-0.15, -0.1) is 0 Å². The molecule has 0 saturated carbocycles. The molecule has 0 heterocycles. The lowest BCUT2D eigenvalue weighted by Gasteiger charge is -2.28. The van der Waals surface area contributed by atoms with E-state index in [9.17, 15) is 5.11 Å². The van der Waals surface area contributed by atoms with Gasteiger partial charge in [-0.25, -0.2) is 0 Å². The highest BCUT2D eigenvalue weighted by atomic mass is 16.3. The molecule has 0 aliphatic heterocycles. The number of β-amino-alcohol motifs (C(OH)–C–C–N with tert-alkyl or cyclic N) is 1. The predicted molar refractivity (Wildman–Crippen MR) is 64.3 cm³/mol. The van der Waals surface area contributed by atoms with Crippen molar-refractivity contribution in [3.8, 4) is 0 Å². The van der Waals surface area contributed by atoms with Crippen LogP contribution in [0.25, 0.3) is 0 Å². The minimum absolute atomic E-state index is 0.0231. The average Bonchev–Trinajstić information content (AvgIpc) is 2.24. The summed E-state index contributed by atoms with van der Waals surface area (Å²) in [4.78, 5) is 0. The Balaban J connectivity index is 3.79. The van der Waals surface area contributed by atoms with Gasteiger partial charge >= 0.3 is 0 Å². The first-order valence-corrected chi connectivity index (χ1v) is 5.62. The van der Waals surface area contributed by atoms with Crippen LogP contribution in [0, 0.1) is 0 Å². The molecule has 5 nitrogen and oxygen atoms in total. The number of hydrogen-bond donors (Lipinski definition) is 5. The van der Waals surface area contributed by atoms with Gasteiger partial charge in [0.05, 0.1) is 19.3 Å². The van der Waals surface area contributed by atoms with E-state index >= 15 is 0 Å². The number of aliphatic hydroxyl groups excluding tert-OH is 3. The van der Waals surface area contributed by atoms with Gasteiger partial charge in [-0.05, 0) is 27.7 Å². The molecule has 0 amide bonds. The van der Waals surface area contributed by atoms with E-state index in [0.29, 0.717) is 13.1 Å². The molecule has 0 bridgehead atoms. The lowest BCUT2D eigenvalue weighted by atomic mass is 10.1. The fourth-order valence-electron chi connectivity index (χ4n) is 0.972. The Bertz CT molecular complexity index is 176. The SMILES string of the molecule is CC(C)(CO)NCC(O)CNC(C)(C)CO. The smallest absolute Gasteiger partial charge is 0.0789 e. The molecule has 0 rings (SSSR count). The summed E-state index contributed by atoms with van der Waals surface area (Å²) in [6, 6.07) is 0. The van der Waals surface area contributed by atoms with Gasteiger partial charge in [0.2, 0.25) is 0 Å². The van der Waals surface area contributed by atoms with Gasteiger partial charge in [0.15, 0.2) is 0 Å². The van der Waals surface area contributed by atoms with Gasteiger partial charge in [0, 0.05) is 24.2 Å². The van der Waals surface area contributed by atoms with Crippen LogP contribution in [0.4, 0.5) is 0 Å². The van der Waals surface area contributed by atoms with Gasteiger partial charge in [-0.2, -0.15) is 0 Å². The Hall–Kier alpha value is -0.200. The summed E-state index contributed by atoms with van der Waals surface area (Å²) in [5.41, 5.74) is -0.763. The summed E-state index contributed by atoms with van der Waals surface area (Å²) in [6.07, 6.45) is -0.545. The highest BCUT2D eigenvalue weighted by Crippen LogP contribution is 2.01. The predicted octanol–water partition coefficient (Wildman–Crippen LogP) is -0.932. The van der Waals surface area contributed by atoms with Crippen molar-refractivity contribution in [2.75, 3.05) is 26.3 Å². The van der Waals surface area contributed by atoms with E-state index in [4.69, 9.17) is 10.2 Å². The maximum Gasteiger partial charge on any atom is 0.0789 e. The standard InChI is InChI=1S/C11H26N2O3/c1-10(2,7-14)12-5-9(16)6-13-11(3,4)8-15/h9,12-16H,5-8H2,1-4H3. The second-order valence-electron chi connectivity index (χ2n) is 5.50. The fourth-order valence-corrected chi connectivity index (χ4v) is 0.972. The van der Waals surface area contributed by atoms with Crippen LogP contribution in [-0.2, 0) is 0 Å². The molecular weight excluding hydrogens is 208 g/mol. The van der Waals surface area contributed by atoms with Crippen LogP contribution in [0.15, 0.2) is 0 Å². The molecule has 16 heavy (non-hydrogen) atoms. The zero-order chi connectivity index (χ0) is 12.8. The third-order valence-electron chi connectivity index (χ3n) is 2.42. The van der Waals surface area contributed by atoms with E-state index in [1.165, 1.54) is 0 Å². The summed E-state index contributed by atoms with van der Waals surface area (Å²) >= 11 is 0. The van der Waals surface area contributed by atoms with Gasteiger partial charge in [-0.1, -0.05) is 0 Å². The van der Waals surface area contributed by atoms with Crippen LogP contribution in [0.5, 0.6) is 0 Å². The molecule has 5 heteroatoms. The molecule has 0 aromatic rings. The Labute approximate surface area is 97.9 Å². The zero-order valence-electron chi connectivity index (χ0n) is 10.7. The summed E-state index contributed by atoms with van der Waals surface area (Å²) in [7, 11) is 0. The van der Waals surface area contributed by atoms with Crippen molar-refractivity contribution in [3.63, 3.8) is 0 Å². The Kier molecular flexibility index (Phi) is 6.43. The molecule has 0 radical (unpaired) electrons. The highest BCUT2D eigenvalue weighted by Gasteiger charge is 2.19. The van der Waals surface area contributed by atoms with Crippen molar-refractivity contribution in [2.24, 2.45) is 0 Å². The number of aliphatic hydroxyl groups is 3. The van der Waals surface area contributed by atoms with Crippen LogP contribution >= 0.6 is 0 Å². The van der Waals surface area contributed by atoms with Crippen molar-refractivity contribution in [1.82, 2.24) is 10.6 Å². The largest absolute Gasteiger partial charge is 0.394 e. The van der Waals surface area contributed by atoms with Crippen LogP contribution < -0.4 is 10.6 Å². The van der Waals surface area contributed by atoms with Crippen LogP contribution in [-0.4, -0.2) is 58.8 Å². The van der Waals surface area contributed by atoms with Gasteiger partial charge in [-0.3, -0.25) is 0 Å². The van der Waals surface area contributed by atoms with Gasteiger partial charge in [0.25, 0.3) is 0 Å². The minimum Gasteiger partial charge on any atom is -0.394 e. The third-order valence-corrected chi connectivity index (χ3v) is 2.42. The van der Waals surface area contributed by atoms with Crippen molar-refractivity contribution < 1.29 is 15.3 Å². The first-order chi connectivity index (χ1) is 7.22. The Morgan fingerprint density at radius 1 is 0.875 bits per heavy atom. The molecule has 0 unspecified atom stereocenters. The second-order valence-corrected chi connectivity index (χ2v) is 5.50. The maximum absolute atomic E-state index is 9.68.